The Bertz CT molecular complexity index is 445. The summed E-state index contributed by atoms with van der Waals surface area (Å²) in [7, 11) is 0. The Morgan fingerprint density at radius 1 is 1.53 bits per heavy atom. The minimum atomic E-state index is 0.174. The molecule has 0 aliphatic heterocycles. The van der Waals surface area contributed by atoms with E-state index in [2.05, 4.69) is 25.9 Å². The van der Waals surface area contributed by atoms with Crippen molar-refractivity contribution < 1.29 is 9.15 Å². The van der Waals surface area contributed by atoms with Gasteiger partial charge >= 0.3 is 0 Å². The quantitative estimate of drug-likeness (QED) is 0.923. The minimum absolute atomic E-state index is 0.174. The Morgan fingerprint density at radius 2 is 2.40 bits per heavy atom. The number of halogens is 1. The molecule has 5 nitrogen and oxygen atoms in total. The van der Waals surface area contributed by atoms with E-state index < -0.39 is 0 Å². The van der Waals surface area contributed by atoms with E-state index in [1.165, 1.54) is 0 Å². The molecular formula is C9H8BrN3O2. The van der Waals surface area contributed by atoms with E-state index in [0.29, 0.717) is 17.0 Å². The lowest BCUT2D eigenvalue weighted by molar-refractivity contribution is 0.259. The average molecular weight is 270 g/mol. The second-order valence-corrected chi connectivity index (χ2v) is 3.60. The predicted octanol–water partition coefficient (Wildman–Crippen LogP) is 1.99. The van der Waals surface area contributed by atoms with Crippen LogP contribution in [0.2, 0.25) is 0 Å². The summed E-state index contributed by atoms with van der Waals surface area (Å²) < 4.78 is 11.2. The maximum atomic E-state index is 5.43. The molecule has 0 saturated heterocycles. The van der Waals surface area contributed by atoms with Crippen LogP contribution in [0.1, 0.15) is 5.76 Å². The third-order valence-corrected chi connectivity index (χ3v) is 2.21. The monoisotopic (exact) mass is 269 g/mol. The van der Waals surface area contributed by atoms with Gasteiger partial charge in [-0.05, 0) is 28.1 Å². The minimum Gasteiger partial charge on any atom is -0.469 e. The summed E-state index contributed by atoms with van der Waals surface area (Å²) in [5.41, 5.74) is 5.43. The Labute approximate surface area is 94.4 Å². The van der Waals surface area contributed by atoms with Crippen molar-refractivity contribution >= 4 is 21.9 Å². The van der Waals surface area contributed by atoms with E-state index in [1.54, 1.807) is 18.5 Å². The molecule has 2 heterocycles. The number of aromatic nitrogens is 2. The summed E-state index contributed by atoms with van der Waals surface area (Å²) in [6.45, 7) is 0.308. The van der Waals surface area contributed by atoms with E-state index in [4.69, 9.17) is 14.9 Å². The number of nitrogens with zero attached hydrogens (tertiary/aromatic N) is 2. The number of furan rings is 1. The molecule has 0 bridgehead atoms. The normalized spacial score (nSPS) is 10.2. The number of hydrogen-bond acceptors (Lipinski definition) is 5. The molecule has 0 amide bonds. The Morgan fingerprint density at radius 3 is 3.13 bits per heavy atom. The van der Waals surface area contributed by atoms with Gasteiger partial charge < -0.3 is 14.9 Å². The van der Waals surface area contributed by atoms with Gasteiger partial charge in [0.1, 0.15) is 12.4 Å². The Balaban J connectivity index is 2.07. The van der Waals surface area contributed by atoms with Crippen LogP contribution in [0, 0.1) is 0 Å². The van der Waals surface area contributed by atoms with Crippen LogP contribution in [-0.2, 0) is 6.61 Å². The number of ether oxygens (including phenoxy) is 1. The first-order chi connectivity index (χ1) is 7.25. The van der Waals surface area contributed by atoms with Crippen LogP contribution >= 0.6 is 15.9 Å². The van der Waals surface area contributed by atoms with Crippen molar-refractivity contribution in [2.75, 3.05) is 5.73 Å². The molecule has 0 atom stereocenters. The summed E-state index contributed by atoms with van der Waals surface area (Å²) in [6, 6.07) is 3.61. The van der Waals surface area contributed by atoms with Gasteiger partial charge in [-0.15, -0.1) is 0 Å². The van der Waals surface area contributed by atoms with Gasteiger partial charge in [0.25, 0.3) is 0 Å². The second-order valence-electron chi connectivity index (χ2n) is 2.75. The standard InChI is InChI=1S/C9H8BrN3O2/c10-7-4-12-9(11)13-8(7)15-5-6-2-1-3-14-6/h1-4H,5H2,(H2,11,12,13). The molecule has 0 spiro atoms. The molecule has 0 fully saturated rings. The Hall–Kier alpha value is -1.56. The van der Waals surface area contributed by atoms with Crippen molar-refractivity contribution in [3.8, 4) is 5.88 Å². The molecule has 2 aromatic rings. The van der Waals surface area contributed by atoms with Gasteiger partial charge in [0.05, 0.1) is 16.9 Å². The zero-order valence-electron chi connectivity index (χ0n) is 7.68. The van der Waals surface area contributed by atoms with Gasteiger partial charge in [0, 0.05) is 0 Å². The zero-order chi connectivity index (χ0) is 10.7. The van der Waals surface area contributed by atoms with Crippen LogP contribution in [0.4, 0.5) is 5.95 Å². The number of anilines is 1. The Kier molecular flexibility index (Phi) is 2.86. The molecule has 0 radical (unpaired) electrons. The highest BCUT2D eigenvalue weighted by molar-refractivity contribution is 9.10. The fraction of sp³-hybridized carbons (Fsp3) is 0.111. The van der Waals surface area contributed by atoms with Crippen molar-refractivity contribution in [3.05, 3.63) is 34.8 Å². The van der Waals surface area contributed by atoms with E-state index in [0.717, 1.165) is 5.76 Å². The van der Waals surface area contributed by atoms with Gasteiger partial charge in [0.15, 0.2) is 0 Å². The molecule has 2 aromatic heterocycles. The van der Waals surface area contributed by atoms with Crippen molar-refractivity contribution in [3.63, 3.8) is 0 Å². The zero-order valence-corrected chi connectivity index (χ0v) is 9.27. The SMILES string of the molecule is Nc1ncc(Br)c(OCc2ccco2)n1. The van der Waals surface area contributed by atoms with Gasteiger partial charge in [-0.2, -0.15) is 4.98 Å². The molecule has 6 heteroatoms. The highest BCUT2D eigenvalue weighted by Gasteiger charge is 2.05. The highest BCUT2D eigenvalue weighted by Crippen LogP contribution is 2.22. The van der Waals surface area contributed by atoms with E-state index in [1.807, 2.05) is 6.07 Å². The van der Waals surface area contributed by atoms with Crippen LogP contribution in [-0.4, -0.2) is 9.97 Å². The predicted molar refractivity (Wildman–Crippen MR) is 57.2 cm³/mol. The molecule has 2 rings (SSSR count). The maximum absolute atomic E-state index is 5.43. The molecule has 78 valence electrons. The second kappa shape index (κ2) is 4.31. The summed E-state index contributed by atoms with van der Waals surface area (Å²) in [6.07, 6.45) is 3.13. The molecule has 2 N–H and O–H groups in total. The third-order valence-electron chi connectivity index (χ3n) is 1.66. The summed E-state index contributed by atoms with van der Waals surface area (Å²) in [4.78, 5) is 7.73. The first-order valence-electron chi connectivity index (χ1n) is 4.19. The first-order valence-corrected chi connectivity index (χ1v) is 4.98. The molecule has 0 saturated carbocycles. The fourth-order valence-corrected chi connectivity index (χ4v) is 1.31. The molecule has 0 unspecified atom stereocenters. The van der Waals surface area contributed by atoms with Crippen molar-refractivity contribution in [1.82, 2.24) is 9.97 Å². The fourth-order valence-electron chi connectivity index (χ4n) is 1.000. The van der Waals surface area contributed by atoms with Gasteiger partial charge in [0.2, 0.25) is 11.8 Å². The lowest BCUT2D eigenvalue weighted by atomic mass is 10.5. The molecular weight excluding hydrogens is 262 g/mol. The number of rotatable bonds is 3. The first kappa shape index (κ1) is 9.97. The molecule has 0 aliphatic rings. The summed E-state index contributed by atoms with van der Waals surface area (Å²) >= 11 is 3.26. The molecule has 0 aromatic carbocycles. The molecule has 15 heavy (non-hydrogen) atoms. The lowest BCUT2D eigenvalue weighted by Gasteiger charge is -2.04. The maximum Gasteiger partial charge on any atom is 0.233 e. The van der Waals surface area contributed by atoms with Crippen molar-refractivity contribution in [2.45, 2.75) is 6.61 Å². The largest absolute Gasteiger partial charge is 0.469 e. The number of nitrogen functional groups attached to an aromatic ring is 1. The topological polar surface area (TPSA) is 74.2 Å². The van der Waals surface area contributed by atoms with Crippen molar-refractivity contribution in [1.29, 1.82) is 0 Å². The van der Waals surface area contributed by atoms with E-state index >= 15 is 0 Å². The lowest BCUT2D eigenvalue weighted by Crippen LogP contribution is -2.01. The smallest absolute Gasteiger partial charge is 0.233 e. The highest BCUT2D eigenvalue weighted by atomic mass is 79.9. The van der Waals surface area contributed by atoms with Crippen LogP contribution in [0.3, 0.4) is 0 Å². The van der Waals surface area contributed by atoms with Gasteiger partial charge in [-0.25, -0.2) is 4.98 Å². The van der Waals surface area contributed by atoms with Crippen molar-refractivity contribution in [2.24, 2.45) is 0 Å². The van der Waals surface area contributed by atoms with E-state index in [-0.39, 0.29) is 5.95 Å². The number of nitrogens with two attached hydrogens (primary N) is 1. The molecule has 0 aliphatic carbocycles. The summed E-state index contributed by atoms with van der Waals surface area (Å²) in [5.74, 6) is 1.30. The average Bonchev–Trinajstić information content (AvgIpc) is 2.72. The van der Waals surface area contributed by atoms with Crippen LogP contribution in [0.25, 0.3) is 0 Å². The van der Waals surface area contributed by atoms with Gasteiger partial charge in [-0.3, -0.25) is 0 Å². The van der Waals surface area contributed by atoms with Crippen LogP contribution in [0.5, 0.6) is 5.88 Å². The number of hydrogen-bond donors (Lipinski definition) is 1. The van der Waals surface area contributed by atoms with Gasteiger partial charge in [-0.1, -0.05) is 0 Å². The van der Waals surface area contributed by atoms with Crippen LogP contribution < -0.4 is 10.5 Å². The summed E-state index contributed by atoms with van der Waals surface area (Å²) in [5, 5.41) is 0. The van der Waals surface area contributed by atoms with Crippen LogP contribution in [0.15, 0.2) is 33.5 Å². The third kappa shape index (κ3) is 2.47. The van der Waals surface area contributed by atoms with E-state index in [9.17, 15) is 0 Å².